The first-order valence-electron chi connectivity index (χ1n) is 8.10. The summed E-state index contributed by atoms with van der Waals surface area (Å²) >= 11 is 3.99. The average molecular weight is 419 g/mol. The predicted molar refractivity (Wildman–Crippen MR) is 109 cm³/mol. The van der Waals surface area contributed by atoms with Crippen molar-refractivity contribution < 1.29 is 9.18 Å². The first kappa shape index (κ1) is 19.4. The third kappa shape index (κ3) is 4.49. The highest BCUT2D eigenvalue weighted by molar-refractivity contribution is 8.01. The molecule has 0 spiro atoms. The monoisotopic (exact) mass is 418 g/mol. The summed E-state index contributed by atoms with van der Waals surface area (Å²) in [5.74, 6) is -0.569. The van der Waals surface area contributed by atoms with E-state index in [9.17, 15) is 9.18 Å². The summed E-state index contributed by atoms with van der Waals surface area (Å²) in [5, 5.41) is 13.8. The van der Waals surface area contributed by atoms with E-state index in [0.717, 1.165) is 4.90 Å². The first-order chi connectivity index (χ1) is 13.2. The van der Waals surface area contributed by atoms with E-state index < -0.39 is 0 Å². The van der Waals surface area contributed by atoms with Crippen LogP contribution in [0.5, 0.6) is 0 Å². The number of hydrogen-bond acceptors (Lipinski definition) is 7. The molecule has 0 bridgehead atoms. The molecule has 5 nitrogen and oxygen atoms in total. The summed E-state index contributed by atoms with van der Waals surface area (Å²) < 4.78 is 14.5. The van der Waals surface area contributed by atoms with Crippen LogP contribution >= 0.6 is 34.4 Å². The fraction of sp³-hybridized carbons (Fsp3) is 0.111. The number of fused-ring (bicyclic) bond motifs is 1. The molecular formula is C18H15FN4OS3. The van der Waals surface area contributed by atoms with Crippen LogP contribution in [0.3, 0.4) is 0 Å². The number of aromatic nitrogens is 3. The number of thiophene rings is 1. The summed E-state index contributed by atoms with van der Waals surface area (Å²) in [6, 6.07) is 10.2. The zero-order chi connectivity index (χ0) is 19.2. The van der Waals surface area contributed by atoms with Crippen LogP contribution in [0.25, 0.3) is 10.9 Å². The number of halogens is 1. The Morgan fingerprint density at radius 2 is 2.00 bits per heavy atom. The topological polar surface area (TPSA) is 67.8 Å². The number of carbonyl (C=O) groups is 1. The number of rotatable bonds is 4. The van der Waals surface area contributed by atoms with Crippen LogP contribution in [0.2, 0.25) is 0 Å². The molecule has 0 unspecified atom stereocenters. The molecule has 0 atom stereocenters. The Morgan fingerprint density at radius 1 is 1.15 bits per heavy atom. The van der Waals surface area contributed by atoms with Gasteiger partial charge >= 0.3 is 0 Å². The summed E-state index contributed by atoms with van der Waals surface area (Å²) in [6.45, 7) is 4.00. The van der Waals surface area contributed by atoms with Gasteiger partial charge in [0.25, 0.3) is 5.91 Å². The van der Waals surface area contributed by atoms with Crippen LogP contribution in [0.15, 0.2) is 57.2 Å². The van der Waals surface area contributed by atoms with Crippen LogP contribution < -0.4 is 5.32 Å². The van der Waals surface area contributed by atoms with Crippen LogP contribution in [0.1, 0.15) is 23.5 Å². The molecule has 3 heterocycles. The fourth-order valence-corrected chi connectivity index (χ4v) is 4.60. The van der Waals surface area contributed by atoms with Gasteiger partial charge in [-0.15, -0.1) is 21.5 Å². The molecule has 4 aromatic rings. The molecular weight excluding hydrogens is 403 g/mol. The summed E-state index contributed by atoms with van der Waals surface area (Å²) in [4.78, 5) is 17.6. The molecule has 138 valence electrons. The highest BCUT2D eigenvalue weighted by Gasteiger charge is 2.13. The molecule has 27 heavy (non-hydrogen) atoms. The third-order valence-corrected chi connectivity index (χ3v) is 6.09. The van der Waals surface area contributed by atoms with Crippen molar-refractivity contribution in [1.82, 2.24) is 15.2 Å². The lowest BCUT2D eigenvalue weighted by Gasteiger charge is -2.03. The van der Waals surface area contributed by atoms with Gasteiger partial charge in [-0.1, -0.05) is 55.1 Å². The van der Waals surface area contributed by atoms with Gasteiger partial charge in [-0.25, -0.2) is 4.39 Å². The Kier molecular flexibility index (Phi) is 6.49. The second-order valence-corrected chi connectivity index (χ2v) is 8.07. The number of hydrogen-bond donors (Lipinski definition) is 1. The van der Waals surface area contributed by atoms with Crippen molar-refractivity contribution in [3.63, 3.8) is 0 Å². The van der Waals surface area contributed by atoms with E-state index in [1.807, 2.05) is 31.4 Å². The fourth-order valence-electron chi connectivity index (χ4n) is 2.17. The van der Waals surface area contributed by atoms with Crippen molar-refractivity contribution in [3.05, 3.63) is 58.7 Å². The minimum atomic E-state index is -0.360. The van der Waals surface area contributed by atoms with Gasteiger partial charge in [0.1, 0.15) is 11.3 Å². The SMILES string of the molecule is CC.O=C(Nc1nnc(Sc2ccnc3c(F)cccc23)s1)c1cccs1. The molecule has 0 aliphatic carbocycles. The number of carbonyl (C=O) groups excluding carboxylic acids is 1. The minimum absolute atomic E-state index is 0.209. The van der Waals surface area contributed by atoms with Crippen LogP contribution in [0.4, 0.5) is 9.52 Å². The van der Waals surface area contributed by atoms with Gasteiger partial charge < -0.3 is 0 Å². The Hall–Kier alpha value is -2.36. The largest absolute Gasteiger partial charge is 0.296 e. The molecule has 0 aliphatic heterocycles. The van der Waals surface area contributed by atoms with Crippen molar-refractivity contribution in [2.24, 2.45) is 0 Å². The summed E-state index contributed by atoms with van der Waals surface area (Å²) in [5.41, 5.74) is 0.322. The van der Waals surface area contributed by atoms with Gasteiger partial charge in [0.15, 0.2) is 4.34 Å². The van der Waals surface area contributed by atoms with Gasteiger partial charge in [0, 0.05) is 16.5 Å². The molecule has 0 saturated carbocycles. The molecule has 1 amide bonds. The van der Waals surface area contributed by atoms with Gasteiger partial charge in [0.05, 0.1) is 4.88 Å². The summed E-state index contributed by atoms with van der Waals surface area (Å²) in [7, 11) is 0. The number of amides is 1. The number of benzene rings is 1. The van der Waals surface area contributed by atoms with E-state index in [0.29, 0.717) is 25.3 Å². The molecule has 4 rings (SSSR count). The highest BCUT2D eigenvalue weighted by atomic mass is 32.2. The summed E-state index contributed by atoms with van der Waals surface area (Å²) in [6.07, 6.45) is 1.56. The number of pyridine rings is 1. The van der Waals surface area contributed by atoms with Gasteiger partial charge in [-0.3, -0.25) is 15.1 Å². The predicted octanol–water partition coefficient (Wildman–Crippen LogP) is 5.72. The Labute approximate surface area is 167 Å². The highest BCUT2D eigenvalue weighted by Crippen LogP contribution is 2.36. The van der Waals surface area contributed by atoms with E-state index in [1.54, 1.807) is 24.4 Å². The van der Waals surface area contributed by atoms with Crippen molar-refractivity contribution in [2.45, 2.75) is 23.1 Å². The quantitative estimate of drug-likeness (QED) is 0.430. The van der Waals surface area contributed by atoms with Crippen molar-refractivity contribution >= 4 is 56.4 Å². The molecule has 3 aromatic heterocycles. The maximum absolute atomic E-state index is 13.8. The van der Waals surface area contributed by atoms with Gasteiger partial charge in [0.2, 0.25) is 5.13 Å². The standard InChI is InChI=1S/C16H9FN4OS3.C2H6/c17-10-4-1-3-9-11(6-7-18-13(9)10)24-16-21-20-15(25-16)19-14(22)12-5-2-8-23-12;1-2/h1-8H,(H,19,20,22);1-2H3. The molecule has 1 N–H and O–H groups in total. The number of nitrogens with zero attached hydrogens (tertiary/aromatic N) is 3. The van der Waals surface area contributed by atoms with E-state index in [4.69, 9.17) is 0 Å². The lowest BCUT2D eigenvalue weighted by atomic mass is 10.2. The zero-order valence-corrected chi connectivity index (χ0v) is 16.9. The zero-order valence-electron chi connectivity index (χ0n) is 14.5. The van der Waals surface area contributed by atoms with E-state index >= 15 is 0 Å². The Bertz CT molecular complexity index is 1050. The average Bonchev–Trinajstić information content (AvgIpc) is 3.37. The number of anilines is 1. The molecule has 0 radical (unpaired) electrons. The number of nitrogens with one attached hydrogen (secondary N) is 1. The first-order valence-corrected chi connectivity index (χ1v) is 10.6. The van der Waals surface area contributed by atoms with Crippen LogP contribution in [-0.4, -0.2) is 21.1 Å². The maximum Gasteiger partial charge on any atom is 0.267 e. The Morgan fingerprint density at radius 3 is 2.78 bits per heavy atom. The molecule has 0 aliphatic rings. The van der Waals surface area contributed by atoms with Crippen LogP contribution in [-0.2, 0) is 0 Å². The van der Waals surface area contributed by atoms with Crippen molar-refractivity contribution in [3.8, 4) is 0 Å². The van der Waals surface area contributed by atoms with E-state index in [1.165, 1.54) is 40.5 Å². The molecule has 0 saturated heterocycles. The van der Waals surface area contributed by atoms with Crippen molar-refractivity contribution in [1.29, 1.82) is 0 Å². The van der Waals surface area contributed by atoms with E-state index in [-0.39, 0.29) is 11.7 Å². The van der Waals surface area contributed by atoms with E-state index in [2.05, 4.69) is 20.5 Å². The second-order valence-electron chi connectivity index (χ2n) is 4.85. The van der Waals surface area contributed by atoms with Crippen molar-refractivity contribution in [2.75, 3.05) is 5.32 Å². The smallest absolute Gasteiger partial charge is 0.267 e. The lowest BCUT2D eigenvalue weighted by Crippen LogP contribution is -2.09. The lowest BCUT2D eigenvalue weighted by molar-refractivity contribution is 0.103. The number of para-hydroxylation sites is 1. The third-order valence-electron chi connectivity index (χ3n) is 3.25. The molecule has 9 heteroatoms. The molecule has 1 aromatic carbocycles. The normalized spacial score (nSPS) is 10.3. The van der Waals surface area contributed by atoms with Gasteiger partial charge in [-0.05, 0) is 23.6 Å². The van der Waals surface area contributed by atoms with Gasteiger partial charge in [-0.2, -0.15) is 0 Å². The minimum Gasteiger partial charge on any atom is -0.296 e. The maximum atomic E-state index is 13.8. The molecule has 0 fully saturated rings. The second kappa shape index (κ2) is 9.03. The van der Waals surface area contributed by atoms with Crippen LogP contribution in [0, 0.1) is 5.82 Å². The Balaban J connectivity index is 0.00000102.